The minimum atomic E-state index is -0.0232. The van der Waals surface area contributed by atoms with Crippen molar-refractivity contribution in [1.29, 1.82) is 0 Å². The third kappa shape index (κ3) is 1.59. The molecule has 1 aliphatic heterocycles. The smallest absolute Gasteiger partial charge is 0.186 e. The summed E-state index contributed by atoms with van der Waals surface area (Å²) >= 11 is 0. The molecule has 3 nitrogen and oxygen atoms in total. The summed E-state index contributed by atoms with van der Waals surface area (Å²) < 4.78 is 0. The lowest BCUT2D eigenvalue weighted by atomic mass is 9.95. The zero-order chi connectivity index (χ0) is 8.43. The molecule has 0 amide bonds. The van der Waals surface area contributed by atoms with Crippen molar-refractivity contribution in [3.8, 4) is 0 Å². The maximum absolute atomic E-state index is 11.4. The Morgan fingerprint density at radius 1 is 1.64 bits per heavy atom. The van der Waals surface area contributed by atoms with Gasteiger partial charge < -0.3 is 4.84 Å². The van der Waals surface area contributed by atoms with E-state index in [4.69, 9.17) is 4.84 Å². The molecule has 0 saturated carbocycles. The van der Waals surface area contributed by atoms with Crippen LogP contribution in [0.4, 0.5) is 0 Å². The van der Waals surface area contributed by atoms with E-state index in [9.17, 15) is 4.79 Å². The molecule has 0 fully saturated rings. The molecule has 11 heavy (non-hydrogen) atoms. The zero-order valence-corrected chi connectivity index (χ0v) is 7.13. The van der Waals surface area contributed by atoms with Crippen molar-refractivity contribution < 1.29 is 9.63 Å². The van der Waals surface area contributed by atoms with E-state index in [-0.39, 0.29) is 17.6 Å². The summed E-state index contributed by atoms with van der Waals surface area (Å²) in [5.41, 5.74) is 0.573. The fourth-order valence-corrected chi connectivity index (χ4v) is 0.982. The van der Waals surface area contributed by atoms with Gasteiger partial charge in [0.15, 0.2) is 5.78 Å². The van der Waals surface area contributed by atoms with Gasteiger partial charge in [0, 0.05) is 5.92 Å². The van der Waals surface area contributed by atoms with Crippen molar-refractivity contribution in [3.63, 3.8) is 0 Å². The van der Waals surface area contributed by atoms with Gasteiger partial charge in [0.2, 0.25) is 0 Å². The van der Waals surface area contributed by atoms with Crippen LogP contribution in [0.15, 0.2) is 5.16 Å². The average Bonchev–Trinajstić information content (AvgIpc) is 1.94. The van der Waals surface area contributed by atoms with Gasteiger partial charge in [-0.05, 0) is 0 Å². The first-order chi connectivity index (χ1) is 5.13. The lowest BCUT2D eigenvalue weighted by Gasteiger charge is -2.18. The Morgan fingerprint density at radius 2 is 2.27 bits per heavy atom. The highest BCUT2D eigenvalue weighted by Gasteiger charge is 2.26. The van der Waals surface area contributed by atoms with Gasteiger partial charge in [-0.3, -0.25) is 4.79 Å². The fraction of sp³-hybridized carbons (Fsp3) is 0.750. The molecule has 3 heteroatoms. The van der Waals surface area contributed by atoms with E-state index in [0.29, 0.717) is 12.3 Å². The summed E-state index contributed by atoms with van der Waals surface area (Å²) in [6.45, 7) is 6.17. The predicted octanol–water partition coefficient (Wildman–Crippen LogP) is 1.23. The van der Waals surface area contributed by atoms with Crippen molar-refractivity contribution in [2.75, 3.05) is 6.61 Å². The molecule has 0 aliphatic carbocycles. The molecule has 0 aromatic carbocycles. The predicted molar refractivity (Wildman–Crippen MR) is 42.4 cm³/mol. The van der Waals surface area contributed by atoms with Gasteiger partial charge in [-0.2, -0.15) is 0 Å². The number of carbonyl (C=O) groups excluding carboxylic acids is 1. The highest BCUT2D eigenvalue weighted by atomic mass is 16.6. The Kier molecular flexibility index (Phi) is 2.27. The third-order valence-corrected chi connectivity index (χ3v) is 1.73. The van der Waals surface area contributed by atoms with Crippen molar-refractivity contribution >= 4 is 11.5 Å². The molecular weight excluding hydrogens is 142 g/mol. The van der Waals surface area contributed by atoms with Gasteiger partial charge in [0.05, 0.1) is 5.92 Å². The maximum Gasteiger partial charge on any atom is 0.186 e. The Bertz CT molecular complexity index is 196. The molecule has 0 N–H and O–H groups in total. The number of carbonyl (C=O) groups is 1. The first kappa shape index (κ1) is 8.24. The number of hydrogen-bond donors (Lipinski definition) is 0. The second kappa shape index (κ2) is 3.03. The number of hydrogen-bond acceptors (Lipinski definition) is 3. The molecular formula is C8H13NO2. The number of ketones is 1. The van der Waals surface area contributed by atoms with Gasteiger partial charge in [-0.25, -0.2) is 0 Å². The van der Waals surface area contributed by atoms with Crippen LogP contribution in [0.3, 0.4) is 0 Å². The van der Waals surface area contributed by atoms with Gasteiger partial charge >= 0.3 is 0 Å². The Morgan fingerprint density at radius 3 is 2.73 bits per heavy atom. The van der Waals surface area contributed by atoms with Crippen LogP contribution in [0.25, 0.3) is 0 Å². The molecule has 62 valence electrons. The molecule has 1 unspecified atom stereocenters. The van der Waals surface area contributed by atoms with E-state index in [1.807, 2.05) is 20.8 Å². The Hall–Kier alpha value is -0.860. The topological polar surface area (TPSA) is 38.7 Å². The second-order valence-electron chi connectivity index (χ2n) is 3.19. The molecule has 1 rings (SSSR count). The van der Waals surface area contributed by atoms with Gasteiger partial charge in [-0.1, -0.05) is 25.9 Å². The number of rotatable bonds is 1. The Balaban J connectivity index is 2.78. The highest BCUT2D eigenvalue weighted by Crippen LogP contribution is 2.11. The summed E-state index contributed by atoms with van der Waals surface area (Å²) in [4.78, 5) is 16.2. The summed E-state index contributed by atoms with van der Waals surface area (Å²) in [7, 11) is 0. The highest BCUT2D eigenvalue weighted by molar-refractivity contribution is 6.41. The van der Waals surface area contributed by atoms with E-state index in [1.54, 1.807) is 0 Å². The van der Waals surface area contributed by atoms with Crippen LogP contribution in [0.1, 0.15) is 20.8 Å². The van der Waals surface area contributed by atoms with Gasteiger partial charge in [0.25, 0.3) is 0 Å². The lowest BCUT2D eigenvalue weighted by Crippen LogP contribution is -2.32. The zero-order valence-electron chi connectivity index (χ0n) is 7.13. The van der Waals surface area contributed by atoms with Crippen LogP contribution in [0, 0.1) is 11.8 Å². The molecule has 0 bridgehead atoms. The summed E-state index contributed by atoms with van der Waals surface area (Å²) in [6.07, 6.45) is 0. The van der Waals surface area contributed by atoms with Crippen molar-refractivity contribution in [1.82, 2.24) is 0 Å². The minimum absolute atomic E-state index is 0.0232. The molecule has 0 spiro atoms. The second-order valence-corrected chi connectivity index (χ2v) is 3.19. The van der Waals surface area contributed by atoms with E-state index < -0.39 is 0 Å². The van der Waals surface area contributed by atoms with Crippen LogP contribution < -0.4 is 0 Å². The summed E-state index contributed by atoms with van der Waals surface area (Å²) in [6, 6.07) is 0. The van der Waals surface area contributed by atoms with Crippen molar-refractivity contribution in [2.24, 2.45) is 17.0 Å². The molecule has 0 aromatic rings. The van der Waals surface area contributed by atoms with Crippen LogP contribution >= 0.6 is 0 Å². The molecule has 0 radical (unpaired) electrons. The standard InChI is InChI=1S/C8H13NO2/c1-5(2)7-8(10)6(3)4-11-9-7/h5-6H,4H2,1-3H3. The molecule has 1 atom stereocenters. The van der Waals surface area contributed by atoms with Crippen LogP contribution in [0.2, 0.25) is 0 Å². The first-order valence-electron chi connectivity index (χ1n) is 3.87. The maximum atomic E-state index is 11.4. The quantitative estimate of drug-likeness (QED) is 0.571. The number of oxime groups is 1. The molecule has 0 saturated heterocycles. The van der Waals surface area contributed by atoms with Crippen LogP contribution in [0.5, 0.6) is 0 Å². The first-order valence-corrected chi connectivity index (χ1v) is 3.87. The minimum Gasteiger partial charge on any atom is -0.395 e. The summed E-state index contributed by atoms with van der Waals surface area (Å²) in [5, 5.41) is 3.73. The summed E-state index contributed by atoms with van der Waals surface area (Å²) in [5.74, 6) is 0.279. The number of nitrogens with zero attached hydrogens (tertiary/aromatic N) is 1. The largest absolute Gasteiger partial charge is 0.395 e. The normalized spacial score (nSPS) is 24.9. The average molecular weight is 155 g/mol. The molecule has 1 heterocycles. The van der Waals surface area contributed by atoms with Crippen LogP contribution in [-0.4, -0.2) is 18.1 Å². The van der Waals surface area contributed by atoms with E-state index in [2.05, 4.69) is 5.16 Å². The third-order valence-electron chi connectivity index (χ3n) is 1.73. The lowest BCUT2D eigenvalue weighted by molar-refractivity contribution is -0.119. The fourth-order valence-electron chi connectivity index (χ4n) is 0.982. The monoisotopic (exact) mass is 155 g/mol. The van der Waals surface area contributed by atoms with Crippen molar-refractivity contribution in [2.45, 2.75) is 20.8 Å². The number of Topliss-reactive ketones (excluding diaryl/α,β-unsaturated/α-hetero) is 1. The molecule has 0 aromatic heterocycles. The van der Waals surface area contributed by atoms with Gasteiger partial charge in [0.1, 0.15) is 12.3 Å². The van der Waals surface area contributed by atoms with E-state index >= 15 is 0 Å². The van der Waals surface area contributed by atoms with E-state index in [1.165, 1.54) is 0 Å². The van der Waals surface area contributed by atoms with Gasteiger partial charge in [-0.15, -0.1) is 0 Å². The van der Waals surface area contributed by atoms with Crippen molar-refractivity contribution in [3.05, 3.63) is 0 Å². The Labute approximate surface area is 66.4 Å². The molecule has 1 aliphatic rings. The SMILES string of the molecule is CC(C)C1=NOCC(C)C1=O. The van der Waals surface area contributed by atoms with Crippen LogP contribution in [-0.2, 0) is 9.63 Å². The van der Waals surface area contributed by atoms with E-state index in [0.717, 1.165) is 0 Å².